The highest BCUT2D eigenvalue weighted by Gasteiger charge is 2.09. The Balaban J connectivity index is 1.76. The molecule has 1 amide bonds. The van der Waals surface area contributed by atoms with Crippen molar-refractivity contribution < 1.29 is 14.3 Å². The average molecular weight is 400 g/mol. The lowest BCUT2D eigenvalue weighted by Gasteiger charge is -2.12. The van der Waals surface area contributed by atoms with Crippen LogP contribution in [-0.4, -0.2) is 22.5 Å². The molecule has 3 aromatic rings. The normalized spacial score (nSPS) is 9.87. The maximum atomic E-state index is 11.5. The minimum atomic E-state index is -0.301. The van der Waals surface area contributed by atoms with E-state index in [1.165, 1.54) is 6.08 Å². The molecule has 30 heavy (non-hydrogen) atoms. The van der Waals surface area contributed by atoms with E-state index < -0.39 is 0 Å². The molecular weight excluding hydrogens is 380 g/mol. The zero-order valence-corrected chi connectivity index (χ0v) is 16.4. The van der Waals surface area contributed by atoms with E-state index in [0.717, 1.165) is 11.3 Å². The van der Waals surface area contributed by atoms with E-state index in [-0.39, 0.29) is 12.5 Å². The van der Waals surface area contributed by atoms with E-state index in [4.69, 9.17) is 15.9 Å². The summed E-state index contributed by atoms with van der Waals surface area (Å²) in [5.41, 5.74) is 2.09. The third kappa shape index (κ3) is 5.59. The number of carbonyl (C=O) groups is 1. The van der Waals surface area contributed by atoms with Crippen LogP contribution in [-0.2, 0) is 4.79 Å². The number of hydrogen-bond acceptors (Lipinski definition) is 6. The van der Waals surface area contributed by atoms with Gasteiger partial charge in [0.2, 0.25) is 17.7 Å². The van der Waals surface area contributed by atoms with Gasteiger partial charge in [-0.3, -0.25) is 4.79 Å². The van der Waals surface area contributed by atoms with Crippen LogP contribution in [0.25, 0.3) is 0 Å². The van der Waals surface area contributed by atoms with Crippen molar-refractivity contribution in [3.05, 3.63) is 72.9 Å². The van der Waals surface area contributed by atoms with Crippen molar-refractivity contribution in [1.82, 2.24) is 9.97 Å². The number of anilines is 3. The number of benzene rings is 2. The number of hydrogen-bond donors (Lipinski definition) is 2. The lowest BCUT2D eigenvalue weighted by Crippen LogP contribution is -2.07. The van der Waals surface area contributed by atoms with Gasteiger partial charge >= 0.3 is 0 Å². The van der Waals surface area contributed by atoms with Gasteiger partial charge in [-0.05, 0) is 37.3 Å². The number of nitrogens with zero attached hydrogens (tertiary/aromatic N) is 2. The fraction of sp³-hybridized carbons (Fsp3) is 0.0870. The van der Waals surface area contributed by atoms with E-state index in [0.29, 0.717) is 29.0 Å². The molecule has 0 radical (unpaired) electrons. The Morgan fingerprint density at radius 1 is 1.20 bits per heavy atom. The molecule has 0 aliphatic rings. The van der Waals surface area contributed by atoms with Crippen LogP contribution in [0.2, 0.25) is 0 Å². The van der Waals surface area contributed by atoms with Crippen LogP contribution >= 0.6 is 0 Å². The number of ether oxygens (including phenoxy) is 2. The highest BCUT2D eigenvalue weighted by Crippen LogP contribution is 2.27. The van der Waals surface area contributed by atoms with Crippen LogP contribution in [0.4, 0.5) is 17.3 Å². The number of rotatable bonds is 8. The number of terminal acetylenes is 1. The van der Waals surface area contributed by atoms with Gasteiger partial charge in [-0.2, -0.15) is 4.98 Å². The molecule has 0 atom stereocenters. The third-order valence-electron chi connectivity index (χ3n) is 3.84. The van der Waals surface area contributed by atoms with Crippen molar-refractivity contribution in [2.45, 2.75) is 6.92 Å². The van der Waals surface area contributed by atoms with E-state index in [1.807, 2.05) is 25.1 Å². The lowest BCUT2D eigenvalue weighted by atomic mass is 10.3. The molecule has 3 rings (SSSR count). The summed E-state index contributed by atoms with van der Waals surface area (Å²) in [4.78, 5) is 20.2. The standard InChI is InChI=1S/C23H20N4O3/c1-4-12-29-19-10-6-9-18(13-19)26-23-24-15-16(3)22(27-23)30-20-11-7-8-17(14-20)25-21(28)5-2/h1,5-11,13-15H,2,12H2,3H3,(H,25,28)(H,24,26,27). The van der Waals surface area contributed by atoms with Gasteiger partial charge in [-0.15, -0.1) is 6.42 Å². The van der Waals surface area contributed by atoms with Crippen molar-refractivity contribution in [3.63, 3.8) is 0 Å². The molecule has 0 spiro atoms. The van der Waals surface area contributed by atoms with E-state index in [2.05, 4.69) is 33.1 Å². The average Bonchev–Trinajstić information content (AvgIpc) is 2.75. The molecule has 2 N–H and O–H groups in total. The molecule has 0 saturated heterocycles. The maximum absolute atomic E-state index is 11.5. The second kappa shape index (κ2) is 9.75. The Labute approximate surface area is 174 Å². The van der Waals surface area contributed by atoms with Crippen LogP contribution in [0.5, 0.6) is 17.4 Å². The smallest absolute Gasteiger partial charge is 0.247 e. The largest absolute Gasteiger partial charge is 0.481 e. The van der Waals surface area contributed by atoms with E-state index in [1.54, 1.807) is 36.5 Å². The van der Waals surface area contributed by atoms with E-state index in [9.17, 15) is 4.79 Å². The molecule has 7 nitrogen and oxygen atoms in total. The van der Waals surface area contributed by atoms with Crippen molar-refractivity contribution >= 4 is 23.2 Å². The quantitative estimate of drug-likeness (QED) is 0.429. The Kier molecular flexibility index (Phi) is 6.64. The molecule has 7 heteroatoms. The van der Waals surface area contributed by atoms with Gasteiger partial charge < -0.3 is 20.1 Å². The van der Waals surface area contributed by atoms with Crippen LogP contribution in [0, 0.1) is 19.3 Å². The zero-order chi connectivity index (χ0) is 21.3. The summed E-state index contributed by atoms with van der Waals surface area (Å²) in [6, 6.07) is 14.3. The second-order valence-electron chi connectivity index (χ2n) is 6.15. The Bertz CT molecular complexity index is 1110. The van der Waals surface area contributed by atoms with Gasteiger partial charge in [-0.1, -0.05) is 24.6 Å². The molecule has 0 aliphatic carbocycles. The minimum Gasteiger partial charge on any atom is -0.481 e. The van der Waals surface area contributed by atoms with Crippen molar-refractivity contribution in [2.75, 3.05) is 17.2 Å². The molecule has 0 fully saturated rings. The molecular formula is C23H20N4O3. The highest BCUT2D eigenvalue weighted by atomic mass is 16.5. The number of nitrogens with one attached hydrogen (secondary N) is 2. The number of carbonyl (C=O) groups excluding carboxylic acids is 1. The number of amides is 1. The van der Waals surface area contributed by atoms with Gasteiger partial charge in [-0.25, -0.2) is 4.98 Å². The molecule has 0 bridgehead atoms. The summed E-state index contributed by atoms with van der Waals surface area (Å²) < 4.78 is 11.3. The molecule has 2 aromatic carbocycles. The first-order valence-electron chi connectivity index (χ1n) is 9.05. The first kappa shape index (κ1) is 20.4. The monoisotopic (exact) mass is 400 g/mol. The van der Waals surface area contributed by atoms with Gasteiger partial charge in [0.15, 0.2) is 0 Å². The topological polar surface area (TPSA) is 85.4 Å². The molecule has 0 unspecified atom stereocenters. The van der Waals surface area contributed by atoms with Gasteiger partial charge in [0.25, 0.3) is 0 Å². The molecule has 150 valence electrons. The summed E-state index contributed by atoms with van der Waals surface area (Å²) in [5.74, 6) is 4.04. The fourth-order valence-corrected chi connectivity index (χ4v) is 2.45. The predicted molar refractivity (Wildman–Crippen MR) is 116 cm³/mol. The van der Waals surface area contributed by atoms with Crippen LogP contribution in [0.3, 0.4) is 0 Å². The first-order valence-corrected chi connectivity index (χ1v) is 9.05. The Morgan fingerprint density at radius 3 is 2.70 bits per heavy atom. The summed E-state index contributed by atoms with van der Waals surface area (Å²) in [7, 11) is 0. The minimum absolute atomic E-state index is 0.189. The SMILES string of the molecule is C#CCOc1cccc(Nc2ncc(C)c(Oc3cccc(NC(=O)C=C)c3)n2)c1. The summed E-state index contributed by atoms with van der Waals surface area (Å²) in [6.07, 6.45) is 8.08. The van der Waals surface area contributed by atoms with Gasteiger partial charge in [0.05, 0.1) is 0 Å². The zero-order valence-electron chi connectivity index (χ0n) is 16.4. The number of aromatic nitrogens is 2. The van der Waals surface area contributed by atoms with Crippen molar-refractivity contribution in [3.8, 4) is 29.7 Å². The van der Waals surface area contributed by atoms with Crippen LogP contribution in [0.1, 0.15) is 5.56 Å². The maximum Gasteiger partial charge on any atom is 0.247 e. The van der Waals surface area contributed by atoms with Crippen molar-refractivity contribution in [2.24, 2.45) is 0 Å². The Hall–Kier alpha value is -4.31. The first-order chi connectivity index (χ1) is 14.6. The van der Waals surface area contributed by atoms with Gasteiger partial charge in [0.1, 0.15) is 18.1 Å². The second-order valence-corrected chi connectivity index (χ2v) is 6.15. The molecule has 1 aromatic heterocycles. The van der Waals surface area contributed by atoms with Gasteiger partial charge in [0, 0.05) is 35.3 Å². The molecule has 1 heterocycles. The predicted octanol–water partition coefficient (Wildman–Crippen LogP) is 4.46. The van der Waals surface area contributed by atoms with E-state index >= 15 is 0 Å². The summed E-state index contributed by atoms with van der Waals surface area (Å²) in [5, 5.41) is 5.81. The Morgan fingerprint density at radius 2 is 1.93 bits per heavy atom. The highest BCUT2D eigenvalue weighted by molar-refractivity contribution is 5.98. The molecule has 0 aliphatic heterocycles. The number of aryl methyl sites for hydroxylation is 1. The summed E-state index contributed by atoms with van der Waals surface area (Å²) >= 11 is 0. The van der Waals surface area contributed by atoms with Crippen molar-refractivity contribution in [1.29, 1.82) is 0 Å². The van der Waals surface area contributed by atoms with Crippen LogP contribution < -0.4 is 20.1 Å². The fourth-order valence-electron chi connectivity index (χ4n) is 2.45. The molecule has 0 saturated carbocycles. The van der Waals surface area contributed by atoms with Crippen LogP contribution in [0.15, 0.2) is 67.4 Å². The lowest BCUT2D eigenvalue weighted by molar-refractivity contribution is -0.111. The third-order valence-corrected chi connectivity index (χ3v) is 3.84. The summed E-state index contributed by atoms with van der Waals surface area (Å²) in [6.45, 7) is 5.47.